The highest BCUT2D eigenvalue weighted by atomic mass is 35.5. The first-order valence-electron chi connectivity index (χ1n) is 11.4. The molecule has 1 aliphatic carbocycles. The molecule has 3 heterocycles. The van der Waals surface area contributed by atoms with Gasteiger partial charge in [0.25, 0.3) is 5.91 Å². The average molecular weight is 454 g/mol. The molecule has 1 N–H and O–H groups in total. The summed E-state index contributed by atoms with van der Waals surface area (Å²) in [4.78, 5) is 34.9. The van der Waals surface area contributed by atoms with Gasteiger partial charge in [0.15, 0.2) is 0 Å². The van der Waals surface area contributed by atoms with Crippen LogP contribution in [0.3, 0.4) is 0 Å². The van der Waals surface area contributed by atoms with E-state index >= 15 is 0 Å². The number of rotatable bonds is 5. The second-order valence-electron chi connectivity index (χ2n) is 8.81. The van der Waals surface area contributed by atoms with Gasteiger partial charge in [-0.3, -0.25) is 14.5 Å². The molecule has 1 saturated carbocycles. The summed E-state index contributed by atoms with van der Waals surface area (Å²) in [6, 6.07) is 7.35. The van der Waals surface area contributed by atoms with Crippen molar-refractivity contribution in [1.82, 2.24) is 19.4 Å². The molecule has 1 aromatic heterocycles. The highest BCUT2D eigenvalue weighted by Gasteiger charge is 2.42. The van der Waals surface area contributed by atoms with Crippen molar-refractivity contribution in [2.75, 3.05) is 25.0 Å². The number of imidazole rings is 1. The van der Waals surface area contributed by atoms with Crippen LogP contribution in [0, 0.1) is 0 Å². The van der Waals surface area contributed by atoms with Crippen molar-refractivity contribution < 1.29 is 9.59 Å². The Hall–Kier alpha value is -2.64. The van der Waals surface area contributed by atoms with Gasteiger partial charge in [-0.05, 0) is 57.3 Å². The zero-order valence-electron chi connectivity index (χ0n) is 18.0. The molecule has 2 amide bonds. The molecule has 3 aliphatic rings. The first-order chi connectivity index (χ1) is 15.6. The molecule has 0 spiro atoms. The lowest BCUT2D eigenvalue weighted by molar-refractivity contribution is -0.130. The molecule has 168 valence electrons. The van der Waals surface area contributed by atoms with E-state index in [1.165, 1.54) is 12.8 Å². The number of carbonyl (C=O) groups excluding carboxylic acids is 2. The topological polar surface area (TPSA) is 70.5 Å². The van der Waals surface area contributed by atoms with Gasteiger partial charge >= 0.3 is 0 Å². The number of hydrogen-bond acceptors (Lipinski definition) is 4. The van der Waals surface area contributed by atoms with Gasteiger partial charge in [0.05, 0.1) is 35.5 Å². The number of nitrogens with one attached hydrogen (secondary N) is 1. The smallest absolute Gasteiger partial charge is 0.273 e. The average Bonchev–Trinajstić information content (AvgIpc) is 3.54. The van der Waals surface area contributed by atoms with Gasteiger partial charge < -0.3 is 14.8 Å². The zero-order chi connectivity index (χ0) is 22.1. The summed E-state index contributed by atoms with van der Waals surface area (Å²) in [5.74, 6) is 0.573. The van der Waals surface area contributed by atoms with Crippen molar-refractivity contribution in [3.8, 4) is 0 Å². The SMILES string of the molecule is O=C(Nc1ccccc1Cl)c1cnc2n1[C@@H]1CCC[C@@H]1N(C(=O)/C=C/CN1CCCC1)C2. The number of aromatic nitrogens is 2. The van der Waals surface area contributed by atoms with Gasteiger partial charge in [-0.2, -0.15) is 0 Å². The third kappa shape index (κ3) is 4.07. The largest absolute Gasteiger partial charge is 0.327 e. The molecule has 7 nitrogen and oxygen atoms in total. The van der Waals surface area contributed by atoms with Crippen LogP contribution in [0.4, 0.5) is 5.69 Å². The number of carbonyl (C=O) groups is 2. The molecular weight excluding hydrogens is 426 g/mol. The molecule has 1 saturated heterocycles. The van der Waals surface area contributed by atoms with Gasteiger partial charge in [-0.15, -0.1) is 0 Å². The van der Waals surface area contributed by atoms with Crippen LogP contribution in [-0.4, -0.2) is 56.8 Å². The molecule has 2 atom stereocenters. The lowest BCUT2D eigenvalue weighted by atomic mass is 10.1. The number of fused-ring (bicyclic) bond motifs is 3. The number of likely N-dealkylation sites (tertiary alicyclic amines) is 1. The predicted octanol–water partition coefficient (Wildman–Crippen LogP) is 3.88. The minimum Gasteiger partial charge on any atom is -0.327 e. The van der Waals surface area contributed by atoms with Crippen LogP contribution in [0.25, 0.3) is 0 Å². The zero-order valence-corrected chi connectivity index (χ0v) is 18.8. The molecule has 0 unspecified atom stereocenters. The minimum atomic E-state index is -0.229. The third-order valence-electron chi connectivity index (χ3n) is 6.82. The number of nitrogens with zero attached hydrogens (tertiary/aromatic N) is 4. The Bertz CT molecular complexity index is 1040. The summed E-state index contributed by atoms with van der Waals surface area (Å²) < 4.78 is 2.04. The van der Waals surface area contributed by atoms with Crippen LogP contribution in [0.15, 0.2) is 42.6 Å². The van der Waals surface area contributed by atoms with E-state index in [0.717, 1.165) is 44.7 Å². The molecule has 8 heteroatoms. The fraction of sp³-hybridized carbons (Fsp3) is 0.458. The van der Waals surface area contributed by atoms with Crippen molar-refractivity contribution in [3.63, 3.8) is 0 Å². The molecule has 1 aromatic carbocycles. The van der Waals surface area contributed by atoms with Crippen molar-refractivity contribution >= 4 is 29.1 Å². The first-order valence-corrected chi connectivity index (χ1v) is 11.8. The molecular formula is C24H28ClN5O2. The number of hydrogen-bond donors (Lipinski definition) is 1. The van der Waals surface area contributed by atoms with Crippen LogP contribution < -0.4 is 5.32 Å². The Morgan fingerprint density at radius 3 is 2.72 bits per heavy atom. The molecule has 2 fully saturated rings. The lowest BCUT2D eigenvalue weighted by Gasteiger charge is -2.38. The van der Waals surface area contributed by atoms with E-state index in [-0.39, 0.29) is 23.9 Å². The number of benzene rings is 1. The van der Waals surface area contributed by atoms with E-state index in [0.29, 0.717) is 22.9 Å². The quantitative estimate of drug-likeness (QED) is 0.697. The highest BCUT2D eigenvalue weighted by molar-refractivity contribution is 6.33. The van der Waals surface area contributed by atoms with E-state index in [2.05, 4.69) is 15.2 Å². The normalized spacial score (nSPS) is 22.8. The highest BCUT2D eigenvalue weighted by Crippen LogP contribution is 2.40. The maximum atomic E-state index is 13.0. The molecule has 0 bridgehead atoms. The summed E-state index contributed by atoms with van der Waals surface area (Å²) in [5, 5.41) is 3.40. The van der Waals surface area contributed by atoms with Gasteiger partial charge in [-0.1, -0.05) is 29.8 Å². The Morgan fingerprint density at radius 1 is 1.12 bits per heavy atom. The van der Waals surface area contributed by atoms with Crippen LogP contribution in [0.1, 0.15) is 54.5 Å². The number of amides is 2. The van der Waals surface area contributed by atoms with Crippen LogP contribution in [0.2, 0.25) is 5.02 Å². The van der Waals surface area contributed by atoms with E-state index in [4.69, 9.17) is 11.6 Å². The Balaban J connectivity index is 1.33. The van der Waals surface area contributed by atoms with E-state index in [1.807, 2.05) is 27.7 Å². The van der Waals surface area contributed by atoms with E-state index in [9.17, 15) is 9.59 Å². The Kier molecular flexibility index (Phi) is 6.02. The van der Waals surface area contributed by atoms with Crippen LogP contribution in [0.5, 0.6) is 0 Å². The third-order valence-corrected chi connectivity index (χ3v) is 7.15. The fourth-order valence-electron chi connectivity index (χ4n) is 5.26. The van der Waals surface area contributed by atoms with Crippen LogP contribution in [-0.2, 0) is 11.3 Å². The summed E-state index contributed by atoms with van der Waals surface area (Å²) in [6.07, 6.45) is 10.7. The molecule has 5 rings (SSSR count). The number of halogens is 1. The minimum absolute atomic E-state index is 0.0393. The second-order valence-corrected chi connectivity index (χ2v) is 9.21. The predicted molar refractivity (Wildman–Crippen MR) is 124 cm³/mol. The van der Waals surface area contributed by atoms with Crippen molar-refractivity contribution in [2.24, 2.45) is 0 Å². The Labute approximate surface area is 193 Å². The summed E-state index contributed by atoms with van der Waals surface area (Å²) >= 11 is 6.21. The summed E-state index contributed by atoms with van der Waals surface area (Å²) in [5.41, 5.74) is 1.10. The van der Waals surface area contributed by atoms with E-state index in [1.54, 1.807) is 24.4 Å². The van der Waals surface area contributed by atoms with Crippen molar-refractivity contribution in [2.45, 2.75) is 50.7 Å². The molecule has 0 radical (unpaired) electrons. The first kappa shape index (κ1) is 21.2. The lowest BCUT2D eigenvalue weighted by Crippen LogP contribution is -2.47. The van der Waals surface area contributed by atoms with Crippen molar-refractivity contribution in [1.29, 1.82) is 0 Å². The van der Waals surface area contributed by atoms with Gasteiger partial charge in [0.1, 0.15) is 11.5 Å². The number of anilines is 1. The van der Waals surface area contributed by atoms with Crippen molar-refractivity contribution in [3.05, 3.63) is 59.2 Å². The summed E-state index contributed by atoms with van der Waals surface area (Å²) in [6.45, 7) is 3.48. The maximum Gasteiger partial charge on any atom is 0.273 e. The fourth-order valence-corrected chi connectivity index (χ4v) is 5.45. The van der Waals surface area contributed by atoms with Gasteiger partial charge in [0.2, 0.25) is 5.91 Å². The Morgan fingerprint density at radius 2 is 1.91 bits per heavy atom. The molecule has 32 heavy (non-hydrogen) atoms. The maximum absolute atomic E-state index is 13.0. The summed E-state index contributed by atoms with van der Waals surface area (Å²) in [7, 11) is 0. The second kappa shape index (κ2) is 9.08. The molecule has 2 aliphatic heterocycles. The standard InChI is InChI=1S/C24H28ClN5O2/c25-17-7-1-2-8-18(17)27-24(32)21-15-26-22-16-29(19-9-5-10-20(19)30(21)22)23(31)11-6-14-28-12-3-4-13-28/h1-2,6-8,11,15,19-20H,3-5,9-10,12-14,16H2,(H,27,32)/b11-6+/t19-,20+/m0/s1. The van der Waals surface area contributed by atoms with Gasteiger partial charge in [-0.25, -0.2) is 4.98 Å². The molecule has 2 aromatic rings. The van der Waals surface area contributed by atoms with Gasteiger partial charge in [0, 0.05) is 12.6 Å². The monoisotopic (exact) mass is 453 g/mol. The number of para-hydroxylation sites is 1. The van der Waals surface area contributed by atoms with E-state index < -0.39 is 0 Å². The van der Waals surface area contributed by atoms with Crippen LogP contribution >= 0.6 is 11.6 Å².